The molecule has 0 spiro atoms. The van der Waals surface area contributed by atoms with Crippen molar-refractivity contribution in [3.63, 3.8) is 0 Å². The van der Waals surface area contributed by atoms with Gasteiger partial charge in [-0.3, -0.25) is 0 Å². The molecule has 0 aromatic carbocycles. The monoisotopic (exact) mass is 265 g/mol. The average molecular weight is 265 g/mol. The van der Waals surface area contributed by atoms with Crippen LogP contribution in [0.3, 0.4) is 0 Å². The molecule has 4 nitrogen and oxygen atoms in total. The molecule has 19 heavy (non-hydrogen) atoms. The molecule has 1 rings (SSSR count). The van der Waals surface area contributed by atoms with Crippen LogP contribution in [0.15, 0.2) is 0 Å². The quantitative estimate of drug-likeness (QED) is 0.770. The minimum atomic E-state index is -0.0276. The third-order valence-electron chi connectivity index (χ3n) is 3.35. The summed E-state index contributed by atoms with van der Waals surface area (Å²) in [5.41, 5.74) is 3.40. The van der Waals surface area contributed by atoms with Gasteiger partial charge in [0.25, 0.3) is 0 Å². The highest BCUT2D eigenvalue weighted by atomic mass is 16.5. The van der Waals surface area contributed by atoms with Crippen molar-refractivity contribution in [3.05, 3.63) is 22.8 Å². The lowest BCUT2D eigenvalue weighted by atomic mass is 10.0. The zero-order valence-corrected chi connectivity index (χ0v) is 13.1. The smallest absolute Gasteiger partial charge is 0.157 e. The van der Waals surface area contributed by atoms with Gasteiger partial charge in [0.15, 0.2) is 5.82 Å². The molecule has 1 aromatic rings. The highest BCUT2D eigenvalue weighted by molar-refractivity contribution is 5.25. The van der Waals surface area contributed by atoms with Gasteiger partial charge in [-0.2, -0.15) is 0 Å². The maximum Gasteiger partial charge on any atom is 0.157 e. The summed E-state index contributed by atoms with van der Waals surface area (Å²) < 4.78 is 5.51. The van der Waals surface area contributed by atoms with Gasteiger partial charge in [-0.15, -0.1) is 0 Å². The number of hydrogen-bond acceptors (Lipinski definition) is 4. The predicted octanol–water partition coefficient (Wildman–Crippen LogP) is 2.59. The van der Waals surface area contributed by atoms with Crippen LogP contribution in [0.5, 0.6) is 0 Å². The van der Waals surface area contributed by atoms with Crippen LogP contribution >= 0.6 is 0 Å². The maximum atomic E-state index is 5.51. The van der Waals surface area contributed by atoms with E-state index in [4.69, 9.17) is 4.74 Å². The molecule has 1 N–H and O–H groups in total. The standard InChI is InChI=1S/C15H27N3O/c1-7-16-9-8-13-11(4)17-15(18-12(13)5)14(19-6)10(2)3/h10,14,16H,7-9H2,1-6H3. The molecular formula is C15H27N3O. The second kappa shape index (κ2) is 7.56. The summed E-state index contributed by atoms with van der Waals surface area (Å²) >= 11 is 0. The second-order valence-electron chi connectivity index (χ2n) is 5.24. The number of methoxy groups -OCH3 is 1. The minimum absolute atomic E-state index is 0.0276. The Morgan fingerprint density at radius 2 is 1.74 bits per heavy atom. The number of rotatable bonds is 7. The van der Waals surface area contributed by atoms with Gasteiger partial charge in [0.05, 0.1) is 0 Å². The Morgan fingerprint density at radius 3 is 2.16 bits per heavy atom. The van der Waals surface area contributed by atoms with E-state index in [1.807, 2.05) is 0 Å². The molecule has 0 bridgehead atoms. The van der Waals surface area contributed by atoms with Gasteiger partial charge in [-0.05, 0) is 44.8 Å². The molecule has 4 heteroatoms. The van der Waals surface area contributed by atoms with E-state index in [9.17, 15) is 0 Å². The van der Waals surface area contributed by atoms with E-state index in [1.54, 1.807) is 7.11 Å². The van der Waals surface area contributed by atoms with E-state index in [0.29, 0.717) is 5.92 Å². The summed E-state index contributed by atoms with van der Waals surface area (Å²) in [6.07, 6.45) is 0.950. The van der Waals surface area contributed by atoms with Crippen molar-refractivity contribution in [1.29, 1.82) is 0 Å². The van der Waals surface area contributed by atoms with Crippen molar-refractivity contribution in [3.8, 4) is 0 Å². The first-order chi connectivity index (χ1) is 9.01. The topological polar surface area (TPSA) is 47.0 Å². The first kappa shape index (κ1) is 16.1. The molecule has 0 amide bonds. The fourth-order valence-corrected chi connectivity index (χ4v) is 2.32. The third-order valence-corrected chi connectivity index (χ3v) is 3.35. The van der Waals surface area contributed by atoms with Crippen molar-refractivity contribution in [2.75, 3.05) is 20.2 Å². The molecule has 0 saturated heterocycles. The van der Waals surface area contributed by atoms with Crippen molar-refractivity contribution in [2.24, 2.45) is 5.92 Å². The summed E-state index contributed by atoms with van der Waals surface area (Å²) in [7, 11) is 1.72. The zero-order valence-electron chi connectivity index (χ0n) is 13.1. The Kier molecular flexibility index (Phi) is 6.38. The zero-order chi connectivity index (χ0) is 14.4. The van der Waals surface area contributed by atoms with Gasteiger partial charge in [0.2, 0.25) is 0 Å². The Balaban J connectivity index is 2.95. The summed E-state index contributed by atoms with van der Waals surface area (Å²) in [6.45, 7) is 12.5. The fourth-order valence-electron chi connectivity index (χ4n) is 2.32. The Morgan fingerprint density at radius 1 is 1.16 bits per heavy atom. The van der Waals surface area contributed by atoms with Crippen molar-refractivity contribution < 1.29 is 4.74 Å². The van der Waals surface area contributed by atoms with Crippen LogP contribution in [-0.2, 0) is 11.2 Å². The third kappa shape index (κ3) is 4.25. The number of likely N-dealkylation sites (N-methyl/N-ethyl adjacent to an activating group) is 1. The molecule has 1 aromatic heterocycles. The minimum Gasteiger partial charge on any atom is -0.373 e. The lowest BCUT2D eigenvalue weighted by Crippen LogP contribution is -2.19. The average Bonchev–Trinajstić information content (AvgIpc) is 2.33. The van der Waals surface area contributed by atoms with E-state index < -0.39 is 0 Å². The van der Waals surface area contributed by atoms with E-state index >= 15 is 0 Å². The molecule has 1 heterocycles. The SMILES string of the molecule is CCNCCc1c(C)nc(C(OC)C(C)C)nc1C. The molecular weight excluding hydrogens is 238 g/mol. The van der Waals surface area contributed by atoms with Gasteiger partial charge < -0.3 is 10.1 Å². The summed E-state index contributed by atoms with van der Waals surface area (Å²) in [5.74, 6) is 1.18. The maximum absolute atomic E-state index is 5.51. The van der Waals surface area contributed by atoms with E-state index in [-0.39, 0.29) is 6.10 Å². The van der Waals surface area contributed by atoms with Crippen LogP contribution in [0.2, 0.25) is 0 Å². The number of ether oxygens (including phenoxy) is 1. The highest BCUT2D eigenvalue weighted by Gasteiger charge is 2.20. The van der Waals surface area contributed by atoms with Crippen LogP contribution < -0.4 is 5.32 Å². The van der Waals surface area contributed by atoms with Crippen LogP contribution in [0.4, 0.5) is 0 Å². The molecule has 0 aliphatic carbocycles. The molecule has 0 fully saturated rings. The number of nitrogens with one attached hydrogen (secondary N) is 1. The lowest BCUT2D eigenvalue weighted by Gasteiger charge is -2.20. The predicted molar refractivity (Wildman–Crippen MR) is 78.3 cm³/mol. The molecule has 108 valence electrons. The van der Waals surface area contributed by atoms with Gasteiger partial charge in [0, 0.05) is 18.5 Å². The van der Waals surface area contributed by atoms with Crippen LogP contribution in [0, 0.1) is 19.8 Å². The van der Waals surface area contributed by atoms with Crippen molar-refractivity contribution >= 4 is 0 Å². The largest absolute Gasteiger partial charge is 0.373 e. The first-order valence-corrected chi connectivity index (χ1v) is 7.08. The first-order valence-electron chi connectivity index (χ1n) is 7.08. The number of nitrogens with zero attached hydrogens (tertiary/aromatic N) is 2. The summed E-state index contributed by atoms with van der Waals surface area (Å²) in [5, 5.41) is 3.34. The van der Waals surface area contributed by atoms with Gasteiger partial charge in [0.1, 0.15) is 6.10 Å². The highest BCUT2D eigenvalue weighted by Crippen LogP contribution is 2.23. The normalized spacial score (nSPS) is 13.0. The molecule has 1 unspecified atom stereocenters. The van der Waals surface area contributed by atoms with Crippen LogP contribution in [-0.4, -0.2) is 30.2 Å². The van der Waals surface area contributed by atoms with Gasteiger partial charge in [-0.25, -0.2) is 9.97 Å². The molecule has 0 aliphatic rings. The van der Waals surface area contributed by atoms with Crippen molar-refractivity contribution in [1.82, 2.24) is 15.3 Å². The molecule has 1 atom stereocenters. The number of hydrogen-bond donors (Lipinski definition) is 1. The lowest BCUT2D eigenvalue weighted by molar-refractivity contribution is 0.0571. The Labute approximate surface area is 117 Å². The van der Waals surface area contributed by atoms with E-state index in [2.05, 4.69) is 49.9 Å². The molecule has 0 saturated carbocycles. The fraction of sp³-hybridized carbons (Fsp3) is 0.733. The molecule has 0 radical (unpaired) electrons. The van der Waals surface area contributed by atoms with Gasteiger partial charge in [-0.1, -0.05) is 20.8 Å². The number of aryl methyl sites for hydroxylation is 2. The second-order valence-corrected chi connectivity index (χ2v) is 5.24. The Hall–Kier alpha value is -1.00. The summed E-state index contributed by atoms with van der Waals surface area (Å²) in [4.78, 5) is 9.28. The van der Waals surface area contributed by atoms with E-state index in [1.165, 1.54) is 5.56 Å². The Bertz CT molecular complexity index is 381. The number of aromatic nitrogens is 2. The van der Waals surface area contributed by atoms with E-state index in [0.717, 1.165) is 36.7 Å². The summed E-state index contributed by atoms with van der Waals surface area (Å²) in [6, 6.07) is 0. The van der Waals surface area contributed by atoms with Crippen LogP contribution in [0.25, 0.3) is 0 Å². The molecule has 0 aliphatic heterocycles. The van der Waals surface area contributed by atoms with Crippen molar-refractivity contribution in [2.45, 2.75) is 47.1 Å². The van der Waals surface area contributed by atoms with Gasteiger partial charge >= 0.3 is 0 Å². The van der Waals surface area contributed by atoms with Crippen LogP contribution in [0.1, 0.15) is 49.7 Å².